The molecule has 1 aliphatic heterocycles. The van der Waals surface area contributed by atoms with Crippen LogP contribution >= 0.6 is 0 Å². The van der Waals surface area contributed by atoms with Crippen LogP contribution in [0.4, 0.5) is 11.4 Å². The van der Waals surface area contributed by atoms with Crippen LogP contribution in [0.15, 0.2) is 48.5 Å². The van der Waals surface area contributed by atoms with Crippen LogP contribution in [0.2, 0.25) is 0 Å². The van der Waals surface area contributed by atoms with Crippen LogP contribution in [0, 0.1) is 0 Å². The molecule has 1 atom stereocenters. The van der Waals surface area contributed by atoms with Crippen molar-refractivity contribution in [2.75, 3.05) is 17.2 Å². The highest BCUT2D eigenvalue weighted by atomic mass is 32.2. The topological polar surface area (TPSA) is 87.3 Å². The third-order valence-corrected chi connectivity index (χ3v) is 5.50. The van der Waals surface area contributed by atoms with Crippen molar-refractivity contribution < 1.29 is 13.2 Å². The average Bonchev–Trinajstić information content (AvgIpc) is 3.04. The quantitative estimate of drug-likeness (QED) is 0.737. The predicted octanol–water partition coefficient (Wildman–Crippen LogP) is 2.10. The predicted molar refractivity (Wildman–Crippen MR) is 98.9 cm³/mol. The number of amides is 1. The van der Waals surface area contributed by atoms with Gasteiger partial charge in [-0.05, 0) is 31.0 Å². The first-order valence-corrected chi connectivity index (χ1v) is 9.80. The Morgan fingerprint density at radius 2 is 1.92 bits per heavy atom. The molecule has 25 heavy (non-hydrogen) atoms. The Morgan fingerprint density at radius 1 is 1.16 bits per heavy atom. The third-order valence-electron chi connectivity index (χ3n) is 4.07. The largest absolute Gasteiger partial charge is 0.384 e. The molecule has 2 aromatic rings. The van der Waals surface area contributed by atoms with Crippen LogP contribution in [0.5, 0.6) is 0 Å². The number of carbonyl (C=O) groups excluding carboxylic acids is 1. The Bertz CT molecular complexity index is 866. The molecule has 1 heterocycles. The van der Waals surface area contributed by atoms with Crippen LogP contribution in [0.25, 0.3) is 0 Å². The fourth-order valence-corrected chi connectivity index (χ4v) is 4.22. The maximum Gasteiger partial charge on any atom is 0.242 e. The summed E-state index contributed by atoms with van der Waals surface area (Å²) in [5.41, 5.74) is 3.46. The number of nitrogens with one attached hydrogen (secondary N) is 3. The van der Waals surface area contributed by atoms with E-state index in [-0.39, 0.29) is 11.7 Å². The molecule has 0 fully saturated rings. The Labute approximate surface area is 147 Å². The van der Waals surface area contributed by atoms with Crippen LogP contribution in [-0.4, -0.2) is 26.9 Å². The zero-order valence-corrected chi connectivity index (χ0v) is 14.8. The van der Waals surface area contributed by atoms with E-state index >= 15 is 0 Å². The molecule has 0 spiro atoms. The summed E-state index contributed by atoms with van der Waals surface area (Å²) in [6.45, 7) is 2.38. The van der Waals surface area contributed by atoms with E-state index < -0.39 is 16.1 Å². The average molecular weight is 359 g/mol. The minimum atomic E-state index is -3.61. The molecule has 132 valence electrons. The molecule has 0 bridgehead atoms. The van der Waals surface area contributed by atoms with Crippen molar-refractivity contribution in [3.05, 3.63) is 59.7 Å². The van der Waals surface area contributed by atoms with Gasteiger partial charge in [-0.1, -0.05) is 36.4 Å². The molecular formula is C18H21N3O3S. The van der Waals surface area contributed by atoms with Gasteiger partial charge in [-0.3, -0.25) is 4.79 Å². The van der Waals surface area contributed by atoms with E-state index in [4.69, 9.17) is 0 Å². The molecule has 3 N–H and O–H groups in total. The third kappa shape index (κ3) is 4.37. The molecule has 0 saturated carbocycles. The van der Waals surface area contributed by atoms with Gasteiger partial charge in [-0.25, -0.2) is 13.1 Å². The van der Waals surface area contributed by atoms with E-state index in [1.807, 2.05) is 24.3 Å². The van der Waals surface area contributed by atoms with Crippen molar-refractivity contribution in [2.45, 2.75) is 25.1 Å². The summed E-state index contributed by atoms with van der Waals surface area (Å²) in [7, 11) is -3.61. The lowest BCUT2D eigenvalue weighted by atomic mass is 10.1. The summed E-state index contributed by atoms with van der Waals surface area (Å²) in [6.07, 6.45) is 0.833. The Hall–Kier alpha value is -2.38. The SMILES string of the molecule is CC(NS(=O)(=O)Cc1ccccc1)C(=O)Nc1cccc2c1CCN2. The van der Waals surface area contributed by atoms with Crippen molar-refractivity contribution in [1.82, 2.24) is 4.72 Å². The van der Waals surface area contributed by atoms with Gasteiger partial charge in [0.15, 0.2) is 0 Å². The van der Waals surface area contributed by atoms with Crippen LogP contribution in [0.1, 0.15) is 18.1 Å². The first-order chi connectivity index (χ1) is 11.9. The van der Waals surface area contributed by atoms with Crippen LogP contribution in [0.3, 0.4) is 0 Å². The lowest BCUT2D eigenvalue weighted by Gasteiger charge is -2.16. The van der Waals surface area contributed by atoms with Gasteiger partial charge in [0.05, 0.1) is 11.8 Å². The molecule has 6 nitrogen and oxygen atoms in total. The van der Waals surface area contributed by atoms with Crippen LogP contribution < -0.4 is 15.4 Å². The monoisotopic (exact) mass is 359 g/mol. The Balaban J connectivity index is 1.64. The van der Waals surface area contributed by atoms with Gasteiger partial charge >= 0.3 is 0 Å². The highest BCUT2D eigenvalue weighted by Crippen LogP contribution is 2.29. The summed E-state index contributed by atoms with van der Waals surface area (Å²) < 4.78 is 26.9. The number of sulfonamides is 1. The van der Waals surface area contributed by atoms with Crippen molar-refractivity contribution in [3.63, 3.8) is 0 Å². The molecule has 0 aliphatic carbocycles. The second kappa shape index (κ2) is 7.25. The van der Waals surface area contributed by atoms with E-state index in [1.54, 1.807) is 31.2 Å². The second-order valence-corrected chi connectivity index (χ2v) is 7.84. The van der Waals surface area contributed by atoms with Gasteiger partial charge < -0.3 is 10.6 Å². The molecule has 3 rings (SSSR count). The zero-order valence-electron chi connectivity index (χ0n) is 14.0. The Kier molecular flexibility index (Phi) is 5.06. The molecule has 2 aromatic carbocycles. The Morgan fingerprint density at radius 3 is 2.68 bits per heavy atom. The summed E-state index contributed by atoms with van der Waals surface area (Å²) in [5.74, 6) is -0.534. The van der Waals surface area contributed by atoms with Gasteiger partial charge in [0.1, 0.15) is 0 Å². The minimum Gasteiger partial charge on any atom is -0.384 e. The number of fused-ring (bicyclic) bond motifs is 1. The minimum absolute atomic E-state index is 0.157. The highest BCUT2D eigenvalue weighted by molar-refractivity contribution is 7.88. The lowest BCUT2D eigenvalue weighted by molar-refractivity contribution is -0.117. The van der Waals surface area contributed by atoms with Crippen molar-refractivity contribution in [2.24, 2.45) is 0 Å². The van der Waals surface area contributed by atoms with Gasteiger partial charge in [0.25, 0.3) is 0 Å². The first-order valence-electron chi connectivity index (χ1n) is 8.15. The number of hydrogen-bond acceptors (Lipinski definition) is 4. The fourth-order valence-electron chi connectivity index (χ4n) is 2.86. The molecule has 0 saturated heterocycles. The number of carbonyl (C=O) groups is 1. The molecule has 0 aromatic heterocycles. The lowest BCUT2D eigenvalue weighted by Crippen LogP contribution is -2.42. The van der Waals surface area contributed by atoms with Gasteiger partial charge in [0.2, 0.25) is 15.9 Å². The summed E-state index contributed by atoms with van der Waals surface area (Å²) in [5, 5.41) is 6.07. The van der Waals surface area contributed by atoms with E-state index in [0.717, 1.165) is 29.9 Å². The number of benzene rings is 2. The highest BCUT2D eigenvalue weighted by Gasteiger charge is 2.22. The smallest absolute Gasteiger partial charge is 0.242 e. The van der Waals surface area contributed by atoms with Crippen molar-refractivity contribution in [1.29, 1.82) is 0 Å². The van der Waals surface area contributed by atoms with E-state index in [9.17, 15) is 13.2 Å². The van der Waals surface area contributed by atoms with Gasteiger partial charge in [-0.15, -0.1) is 0 Å². The molecule has 1 aliphatic rings. The van der Waals surface area contributed by atoms with E-state index in [2.05, 4.69) is 15.4 Å². The standard InChI is InChI=1S/C18H21N3O3S/c1-13(21-25(23,24)12-14-6-3-2-4-7-14)18(22)20-17-9-5-8-16-15(17)10-11-19-16/h2-9,13,19,21H,10-12H2,1H3,(H,20,22). The molecule has 7 heteroatoms. The van der Waals surface area contributed by atoms with E-state index in [0.29, 0.717) is 5.56 Å². The second-order valence-electron chi connectivity index (χ2n) is 6.08. The summed E-state index contributed by atoms with van der Waals surface area (Å²) >= 11 is 0. The van der Waals surface area contributed by atoms with Crippen LogP contribution in [-0.2, 0) is 27.0 Å². The summed E-state index contributed by atoms with van der Waals surface area (Å²) in [4.78, 5) is 12.4. The number of hydrogen-bond donors (Lipinski definition) is 3. The van der Waals surface area contributed by atoms with Gasteiger partial charge in [0, 0.05) is 23.5 Å². The van der Waals surface area contributed by atoms with Crippen molar-refractivity contribution >= 4 is 27.3 Å². The molecular weight excluding hydrogens is 338 g/mol. The molecule has 1 unspecified atom stereocenters. The maximum absolute atomic E-state index is 12.4. The zero-order chi connectivity index (χ0) is 17.9. The summed E-state index contributed by atoms with van der Waals surface area (Å²) in [6, 6.07) is 13.7. The van der Waals surface area contributed by atoms with Crippen molar-refractivity contribution in [3.8, 4) is 0 Å². The van der Waals surface area contributed by atoms with E-state index in [1.165, 1.54) is 0 Å². The van der Waals surface area contributed by atoms with Gasteiger partial charge in [-0.2, -0.15) is 0 Å². The normalized spacial score (nSPS) is 14.4. The molecule has 1 amide bonds. The first kappa shape index (κ1) is 17.4. The molecule has 0 radical (unpaired) electrons. The number of anilines is 2. The fraction of sp³-hybridized carbons (Fsp3) is 0.278. The number of rotatable bonds is 6. The maximum atomic E-state index is 12.4.